The highest BCUT2D eigenvalue weighted by Crippen LogP contribution is 2.44. The molecule has 0 unspecified atom stereocenters. The van der Waals surface area contributed by atoms with Gasteiger partial charge in [0.05, 0.1) is 13.0 Å². The topological polar surface area (TPSA) is 46.6 Å². The molecule has 0 aromatic carbocycles. The SMILES string of the molecule is C=CC[C@@H]1[C@H](CCS[Si](C)(C)C(C)(C)C)C(=O)N1CC(=O)OC. The van der Waals surface area contributed by atoms with Crippen LogP contribution in [0.4, 0.5) is 0 Å². The first-order valence-corrected chi connectivity index (χ1v) is 12.9. The van der Waals surface area contributed by atoms with Crippen LogP contribution in [-0.2, 0) is 14.3 Å². The van der Waals surface area contributed by atoms with Gasteiger partial charge in [-0.1, -0.05) is 39.9 Å². The van der Waals surface area contributed by atoms with Crippen LogP contribution in [0.5, 0.6) is 0 Å². The van der Waals surface area contributed by atoms with Gasteiger partial charge in [-0.05, 0) is 23.6 Å². The molecule has 0 spiro atoms. The van der Waals surface area contributed by atoms with Gasteiger partial charge in [0.2, 0.25) is 5.91 Å². The molecule has 0 bridgehead atoms. The third-order valence-electron chi connectivity index (χ3n) is 5.10. The molecule has 1 aliphatic rings. The number of hydrogen-bond acceptors (Lipinski definition) is 4. The maximum absolute atomic E-state index is 12.3. The number of amides is 1. The standard InChI is InChI=1S/C17H31NO3SSi/c1-8-9-14-13(16(20)18(14)12-15(19)21-5)10-11-22-23(6,7)17(2,3)4/h8,13-14H,1,9-12H2,2-7H3/t13-,14+/m0/s1. The van der Waals surface area contributed by atoms with Crippen molar-refractivity contribution in [3.05, 3.63) is 12.7 Å². The number of esters is 1. The monoisotopic (exact) mass is 357 g/mol. The van der Waals surface area contributed by atoms with Crippen LogP contribution in [0, 0.1) is 5.92 Å². The number of methoxy groups -OCH3 is 1. The van der Waals surface area contributed by atoms with Gasteiger partial charge in [0.25, 0.3) is 0 Å². The van der Waals surface area contributed by atoms with Crippen LogP contribution in [0.1, 0.15) is 33.6 Å². The van der Waals surface area contributed by atoms with Gasteiger partial charge < -0.3 is 9.64 Å². The minimum absolute atomic E-state index is 0.0231. The Morgan fingerprint density at radius 2 is 2.04 bits per heavy atom. The summed E-state index contributed by atoms with van der Waals surface area (Å²) in [5, 5.41) is 0.346. The van der Waals surface area contributed by atoms with Crippen molar-refractivity contribution in [3.8, 4) is 0 Å². The van der Waals surface area contributed by atoms with E-state index in [-0.39, 0.29) is 30.4 Å². The van der Waals surface area contributed by atoms with Gasteiger partial charge in [0.1, 0.15) is 13.8 Å². The number of hydrogen-bond donors (Lipinski definition) is 0. The van der Waals surface area contributed by atoms with E-state index in [1.807, 2.05) is 6.08 Å². The van der Waals surface area contributed by atoms with Crippen LogP contribution in [0.25, 0.3) is 0 Å². The summed E-state index contributed by atoms with van der Waals surface area (Å²) in [5.41, 5.74) is 0. The normalized spacial score (nSPS) is 21.8. The van der Waals surface area contributed by atoms with E-state index in [2.05, 4.69) is 56.4 Å². The molecular formula is C17H31NO3SSi. The second kappa shape index (κ2) is 7.88. The lowest BCUT2D eigenvalue weighted by molar-refractivity contribution is -0.163. The van der Waals surface area contributed by atoms with Crippen LogP contribution in [-0.4, -0.2) is 49.4 Å². The second-order valence-electron chi connectivity index (χ2n) is 7.64. The van der Waals surface area contributed by atoms with E-state index in [1.165, 1.54) is 7.11 Å². The van der Waals surface area contributed by atoms with Gasteiger partial charge in [-0.15, -0.1) is 6.58 Å². The van der Waals surface area contributed by atoms with E-state index < -0.39 is 7.22 Å². The molecule has 6 heteroatoms. The lowest BCUT2D eigenvalue weighted by Gasteiger charge is -2.47. The molecule has 1 amide bonds. The molecule has 1 fully saturated rings. The van der Waals surface area contributed by atoms with Crippen molar-refractivity contribution in [3.63, 3.8) is 0 Å². The number of ether oxygens (including phenoxy) is 1. The molecule has 0 N–H and O–H groups in total. The molecule has 1 aliphatic heterocycles. The molecule has 0 aromatic heterocycles. The van der Waals surface area contributed by atoms with Crippen molar-refractivity contribution in [2.75, 3.05) is 19.4 Å². The molecule has 1 saturated heterocycles. The highest BCUT2D eigenvalue weighted by Gasteiger charge is 2.47. The Bertz CT molecular complexity index is 459. The summed E-state index contributed by atoms with van der Waals surface area (Å²) in [4.78, 5) is 25.4. The lowest BCUT2D eigenvalue weighted by Crippen LogP contribution is -2.62. The zero-order chi connectivity index (χ0) is 17.8. The molecule has 1 heterocycles. The number of carbonyl (C=O) groups is 2. The largest absolute Gasteiger partial charge is 0.468 e. The summed E-state index contributed by atoms with van der Waals surface area (Å²) in [7, 11) is -0.0248. The average Bonchev–Trinajstić information content (AvgIpc) is 2.46. The molecule has 132 valence electrons. The number of β-lactam (4-membered cyclic amide) rings is 1. The average molecular weight is 358 g/mol. The summed E-state index contributed by atoms with van der Waals surface area (Å²) in [6.07, 6.45) is 3.44. The quantitative estimate of drug-likeness (QED) is 0.288. The van der Waals surface area contributed by atoms with Gasteiger partial charge in [0, 0.05) is 6.04 Å². The Labute approximate surface area is 145 Å². The minimum Gasteiger partial charge on any atom is -0.468 e. The molecule has 0 saturated carbocycles. The van der Waals surface area contributed by atoms with Crippen LogP contribution in [0.15, 0.2) is 12.7 Å². The summed E-state index contributed by atoms with van der Waals surface area (Å²) in [5.74, 6) is 0.751. The maximum atomic E-state index is 12.3. The van der Waals surface area contributed by atoms with Gasteiger partial charge in [0.15, 0.2) is 0 Å². The molecule has 0 aliphatic carbocycles. The van der Waals surface area contributed by atoms with Crippen LogP contribution in [0.3, 0.4) is 0 Å². The van der Waals surface area contributed by atoms with E-state index in [0.717, 1.165) is 18.6 Å². The summed E-state index contributed by atoms with van der Waals surface area (Å²) in [6.45, 7) is 15.5. The summed E-state index contributed by atoms with van der Waals surface area (Å²) >= 11 is 2.06. The van der Waals surface area contributed by atoms with E-state index in [9.17, 15) is 9.59 Å². The van der Waals surface area contributed by atoms with Crippen molar-refractivity contribution in [1.29, 1.82) is 0 Å². The Kier molecular flexibility index (Phi) is 6.95. The molecule has 1 rings (SSSR count). The van der Waals surface area contributed by atoms with Crippen LogP contribution >= 0.6 is 11.2 Å². The van der Waals surface area contributed by atoms with Crippen molar-refractivity contribution in [1.82, 2.24) is 4.90 Å². The molecule has 23 heavy (non-hydrogen) atoms. The number of carbonyl (C=O) groups excluding carboxylic acids is 2. The molecule has 4 nitrogen and oxygen atoms in total. The first-order valence-electron chi connectivity index (χ1n) is 8.17. The van der Waals surface area contributed by atoms with Gasteiger partial charge >= 0.3 is 5.97 Å². The fraction of sp³-hybridized carbons (Fsp3) is 0.765. The fourth-order valence-corrected chi connectivity index (χ4v) is 7.01. The van der Waals surface area contributed by atoms with Gasteiger partial charge in [-0.2, -0.15) is 11.2 Å². The van der Waals surface area contributed by atoms with Crippen molar-refractivity contribution >= 4 is 30.3 Å². The van der Waals surface area contributed by atoms with Gasteiger partial charge in [-0.25, -0.2) is 0 Å². The maximum Gasteiger partial charge on any atom is 0.325 e. The third kappa shape index (κ3) is 4.86. The van der Waals surface area contributed by atoms with Crippen LogP contribution in [0.2, 0.25) is 18.1 Å². The zero-order valence-corrected chi connectivity index (χ0v) is 17.2. The predicted molar refractivity (Wildman–Crippen MR) is 100 cm³/mol. The summed E-state index contributed by atoms with van der Waals surface area (Å²) in [6, 6.07) is 0.0964. The number of rotatable bonds is 8. The summed E-state index contributed by atoms with van der Waals surface area (Å²) < 4.78 is 4.67. The first-order chi connectivity index (χ1) is 10.5. The molecule has 0 radical (unpaired) electrons. The highest BCUT2D eigenvalue weighted by molar-refractivity contribution is 8.29. The molecule has 2 atom stereocenters. The van der Waals surface area contributed by atoms with E-state index in [4.69, 9.17) is 0 Å². The second-order valence-corrected chi connectivity index (χ2v) is 16.8. The Morgan fingerprint density at radius 3 is 2.52 bits per heavy atom. The van der Waals surface area contributed by atoms with Crippen molar-refractivity contribution in [2.45, 2.75) is 57.8 Å². The van der Waals surface area contributed by atoms with E-state index in [0.29, 0.717) is 5.04 Å². The predicted octanol–water partition coefficient (Wildman–Crippen LogP) is 3.69. The third-order valence-corrected chi connectivity index (χ3v) is 14.5. The minimum atomic E-state index is -1.37. The van der Waals surface area contributed by atoms with Crippen molar-refractivity contribution in [2.24, 2.45) is 5.92 Å². The van der Waals surface area contributed by atoms with E-state index >= 15 is 0 Å². The Hall–Kier alpha value is -0.753. The smallest absolute Gasteiger partial charge is 0.325 e. The highest BCUT2D eigenvalue weighted by atomic mass is 32.4. The van der Waals surface area contributed by atoms with Gasteiger partial charge in [-0.3, -0.25) is 9.59 Å². The number of likely N-dealkylation sites (tertiary alicyclic amines) is 1. The Morgan fingerprint density at radius 1 is 1.43 bits per heavy atom. The molecular weight excluding hydrogens is 326 g/mol. The zero-order valence-electron chi connectivity index (χ0n) is 15.3. The van der Waals surface area contributed by atoms with Crippen LogP contribution < -0.4 is 0 Å². The molecule has 0 aromatic rings. The van der Waals surface area contributed by atoms with E-state index in [1.54, 1.807) is 4.90 Å². The first kappa shape index (κ1) is 20.3. The lowest BCUT2D eigenvalue weighted by atomic mass is 9.83. The Balaban J connectivity index is 2.58. The number of nitrogens with zero attached hydrogens (tertiary/aromatic N) is 1. The van der Waals surface area contributed by atoms with Crippen molar-refractivity contribution < 1.29 is 14.3 Å². The fourth-order valence-electron chi connectivity index (χ4n) is 2.51.